The standard InChI is InChI=1S/C13H23N3O4S/c1-10(19-3)9-21(17,18)16-6-4-5-12(8-16)7-13-14-11(2)20-15-13/h10,12H,4-9H2,1-3H3. The van der Waals surface area contributed by atoms with Crippen molar-refractivity contribution < 1.29 is 17.7 Å². The molecule has 1 aromatic rings. The van der Waals surface area contributed by atoms with E-state index in [-0.39, 0.29) is 17.8 Å². The van der Waals surface area contributed by atoms with Crippen molar-refractivity contribution in [2.45, 2.75) is 39.2 Å². The zero-order chi connectivity index (χ0) is 15.5. The summed E-state index contributed by atoms with van der Waals surface area (Å²) < 4.78 is 36.3. The largest absolute Gasteiger partial charge is 0.381 e. The Labute approximate surface area is 125 Å². The number of hydrogen-bond donors (Lipinski definition) is 0. The molecule has 120 valence electrons. The number of aromatic nitrogens is 2. The van der Waals surface area contributed by atoms with Gasteiger partial charge in [-0.15, -0.1) is 0 Å². The van der Waals surface area contributed by atoms with Crippen LogP contribution in [0, 0.1) is 12.8 Å². The van der Waals surface area contributed by atoms with E-state index in [1.807, 2.05) is 0 Å². The SMILES string of the molecule is COC(C)CS(=O)(=O)N1CCCC(Cc2noc(C)n2)C1. The van der Waals surface area contributed by atoms with Gasteiger partial charge < -0.3 is 9.26 Å². The zero-order valence-corrected chi connectivity index (χ0v) is 13.6. The van der Waals surface area contributed by atoms with Crippen LogP contribution in [0.5, 0.6) is 0 Å². The van der Waals surface area contributed by atoms with Crippen LogP contribution in [-0.4, -0.2) is 54.9 Å². The number of rotatable bonds is 6. The third kappa shape index (κ3) is 4.49. The van der Waals surface area contributed by atoms with Crippen LogP contribution in [0.2, 0.25) is 0 Å². The molecule has 2 unspecified atom stereocenters. The van der Waals surface area contributed by atoms with Crippen LogP contribution in [-0.2, 0) is 21.2 Å². The molecule has 0 aliphatic carbocycles. The summed E-state index contributed by atoms with van der Waals surface area (Å²) in [5.74, 6) is 1.46. The van der Waals surface area contributed by atoms with E-state index in [9.17, 15) is 8.42 Å². The van der Waals surface area contributed by atoms with Gasteiger partial charge in [-0.2, -0.15) is 4.98 Å². The minimum absolute atomic E-state index is 0.0253. The predicted octanol–water partition coefficient (Wildman–Crippen LogP) is 0.997. The molecule has 21 heavy (non-hydrogen) atoms. The number of aryl methyl sites for hydroxylation is 1. The van der Waals surface area contributed by atoms with Gasteiger partial charge in [0.25, 0.3) is 0 Å². The highest BCUT2D eigenvalue weighted by Gasteiger charge is 2.30. The Bertz CT molecular complexity index is 558. The van der Waals surface area contributed by atoms with Crippen LogP contribution in [0.25, 0.3) is 0 Å². The van der Waals surface area contributed by atoms with E-state index in [2.05, 4.69) is 10.1 Å². The topological polar surface area (TPSA) is 85.5 Å². The van der Waals surface area contributed by atoms with Crippen molar-refractivity contribution in [2.24, 2.45) is 5.92 Å². The third-order valence-electron chi connectivity index (χ3n) is 3.76. The van der Waals surface area contributed by atoms with Gasteiger partial charge in [0.2, 0.25) is 15.9 Å². The molecule has 0 amide bonds. The Morgan fingerprint density at radius 3 is 2.90 bits per heavy atom. The molecule has 0 saturated carbocycles. The molecule has 7 nitrogen and oxygen atoms in total. The lowest BCUT2D eigenvalue weighted by atomic mass is 9.96. The average Bonchev–Trinajstić information content (AvgIpc) is 2.84. The van der Waals surface area contributed by atoms with Gasteiger partial charge in [0, 0.05) is 33.5 Å². The second-order valence-corrected chi connectivity index (χ2v) is 7.64. The molecule has 2 atom stereocenters. The summed E-state index contributed by atoms with van der Waals surface area (Å²) in [7, 11) is -1.75. The molecule has 0 spiro atoms. The van der Waals surface area contributed by atoms with E-state index < -0.39 is 10.0 Å². The van der Waals surface area contributed by atoms with Gasteiger partial charge in [-0.05, 0) is 25.7 Å². The molecule has 2 rings (SSSR count). The molecule has 0 aromatic carbocycles. The maximum absolute atomic E-state index is 12.4. The van der Waals surface area contributed by atoms with Crippen molar-refractivity contribution in [3.63, 3.8) is 0 Å². The molecule has 1 aliphatic heterocycles. The maximum Gasteiger partial charge on any atom is 0.223 e. The van der Waals surface area contributed by atoms with E-state index in [1.54, 1.807) is 18.2 Å². The minimum Gasteiger partial charge on any atom is -0.381 e. The molecule has 0 bridgehead atoms. The molecular formula is C13H23N3O4S. The Morgan fingerprint density at radius 1 is 1.52 bits per heavy atom. The summed E-state index contributed by atoms with van der Waals surface area (Å²) in [4.78, 5) is 4.19. The smallest absolute Gasteiger partial charge is 0.223 e. The lowest BCUT2D eigenvalue weighted by Crippen LogP contribution is -2.43. The molecular weight excluding hydrogens is 294 g/mol. The van der Waals surface area contributed by atoms with Crippen LogP contribution < -0.4 is 0 Å². The summed E-state index contributed by atoms with van der Waals surface area (Å²) in [6.07, 6.45) is 2.21. The van der Waals surface area contributed by atoms with E-state index in [4.69, 9.17) is 9.26 Å². The first kappa shape index (κ1) is 16.4. The highest BCUT2D eigenvalue weighted by atomic mass is 32.2. The van der Waals surface area contributed by atoms with Gasteiger partial charge in [-0.25, -0.2) is 12.7 Å². The monoisotopic (exact) mass is 317 g/mol. The van der Waals surface area contributed by atoms with E-state index in [0.29, 0.717) is 31.2 Å². The van der Waals surface area contributed by atoms with E-state index in [0.717, 1.165) is 12.8 Å². The highest BCUT2D eigenvalue weighted by Crippen LogP contribution is 2.22. The van der Waals surface area contributed by atoms with Crippen molar-refractivity contribution in [3.05, 3.63) is 11.7 Å². The number of methoxy groups -OCH3 is 1. The van der Waals surface area contributed by atoms with Crippen LogP contribution in [0.3, 0.4) is 0 Å². The van der Waals surface area contributed by atoms with Crippen molar-refractivity contribution in [1.82, 2.24) is 14.4 Å². The minimum atomic E-state index is -3.27. The van der Waals surface area contributed by atoms with Gasteiger partial charge in [-0.3, -0.25) is 0 Å². The Morgan fingerprint density at radius 2 is 2.29 bits per heavy atom. The Balaban J connectivity index is 1.96. The predicted molar refractivity (Wildman–Crippen MR) is 77.3 cm³/mol. The van der Waals surface area contributed by atoms with Gasteiger partial charge in [0.05, 0.1) is 11.9 Å². The van der Waals surface area contributed by atoms with Gasteiger partial charge in [0.15, 0.2) is 5.82 Å². The molecule has 8 heteroatoms. The summed E-state index contributed by atoms with van der Waals surface area (Å²) in [5.41, 5.74) is 0. The fraction of sp³-hybridized carbons (Fsp3) is 0.846. The Hall–Kier alpha value is -0.990. The van der Waals surface area contributed by atoms with Gasteiger partial charge in [0.1, 0.15) is 0 Å². The fourth-order valence-electron chi connectivity index (χ4n) is 2.60. The number of piperidine rings is 1. The van der Waals surface area contributed by atoms with Crippen molar-refractivity contribution in [1.29, 1.82) is 0 Å². The molecule has 2 heterocycles. The third-order valence-corrected chi connectivity index (χ3v) is 5.77. The number of ether oxygens (including phenoxy) is 1. The lowest BCUT2D eigenvalue weighted by molar-refractivity contribution is 0.134. The number of nitrogens with zero attached hydrogens (tertiary/aromatic N) is 3. The van der Waals surface area contributed by atoms with Crippen LogP contribution in [0.15, 0.2) is 4.52 Å². The molecule has 1 aromatic heterocycles. The van der Waals surface area contributed by atoms with Crippen molar-refractivity contribution >= 4 is 10.0 Å². The molecule has 0 N–H and O–H groups in total. The van der Waals surface area contributed by atoms with Crippen LogP contribution in [0.4, 0.5) is 0 Å². The first-order valence-corrected chi connectivity index (χ1v) is 8.81. The van der Waals surface area contributed by atoms with E-state index >= 15 is 0 Å². The van der Waals surface area contributed by atoms with Crippen molar-refractivity contribution in [2.75, 3.05) is 26.0 Å². The molecule has 1 fully saturated rings. The summed E-state index contributed by atoms with van der Waals surface area (Å²) in [6, 6.07) is 0. The van der Waals surface area contributed by atoms with Crippen molar-refractivity contribution in [3.8, 4) is 0 Å². The normalized spacial score (nSPS) is 22.3. The second kappa shape index (κ2) is 6.85. The summed E-state index contributed by atoms with van der Waals surface area (Å²) in [5, 5.41) is 3.88. The molecule has 1 aliphatic rings. The number of hydrogen-bond acceptors (Lipinski definition) is 6. The molecule has 1 saturated heterocycles. The first-order chi connectivity index (χ1) is 9.90. The average molecular weight is 317 g/mol. The Kier molecular flexibility index (Phi) is 5.34. The summed E-state index contributed by atoms with van der Waals surface area (Å²) in [6.45, 7) is 4.62. The second-order valence-electron chi connectivity index (χ2n) is 5.62. The maximum atomic E-state index is 12.4. The quantitative estimate of drug-likeness (QED) is 0.778. The van der Waals surface area contributed by atoms with Crippen LogP contribution >= 0.6 is 0 Å². The highest BCUT2D eigenvalue weighted by molar-refractivity contribution is 7.89. The molecule has 0 radical (unpaired) electrons. The van der Waals surface area contributed by atoms with E-state index in [1.165, 1.54) is 7.11 Å². The first-order valence-electron chi connectivity index (χ1n) is 7.20. The van der Waals surface area contributed by atoms with Gasteiger partial charge >= 0.3 is 0 Å². The van der Waals surface area contributed by atoms with Gasteiger partial charge in [-0.1, -0.05) is 5.16 Å². The summed E-state index contributed by atoms with van der Waals surface area (Å²) >= 11 is 0. The number of sulfonamides is 1. The zero-order valence-electron chi connectivity index (χ0n) is 12.8. The fourth-order valence-corrected chi connectivity index (χ4v) is 4.38. The van der Waals surface area contributed by atoms with Crippen LogP contribution in [0.1, 0.15) is 31.5 Å². The lowest BCUT2D eigenvalue weighted by Gasteiger charge is -2.32.